The van der Waals surface area contributed by atoms with E-state index in [-0.39, 0.29) is 18.2 Å². The largest absolute Gasteiger partial charge is 0.449 e. The van der Waals surface area contributed by atoms with E-state index in [0.717, 1.165) is 54.8 Å². The number of likely N-dealkylation sites (tertiary alicyclic amines) is 1. The van der Waals surface area contributed by atoms with Gasteiger partial charge in [0.25, 0.3) is 0 Å². The molecule has 0 unspecified atom stereocenters. The molecular weight excluding hydrogens is 550 g/mol. The van der Waals surface area contributed by atoms with Crippen molar-refractivity contribution in [3.8, 4) is 11.4 Å². The maximum Gasteiger partial charge on any atom is 0.409 e. The number of benzene rings is 1. The van der Waals surface area contributed by atoms with Gasteiger partial charge in [0, 0.05) is 55.5 Å². The van der Waals surface area contributed by atoms with E-state index in [4.69, 9.17) is 24.5 Å². The van der Waals surface area contributed by atoms with Gasteiger partial charge >= 0.3 is 12.1 Å². The summed E-state index contributed by atoms with van der Waals surface area (Å²) in [4.78, 5) is 42.7. The van der Waals surface area contributed by atoms with Crippen LogP contribution in [0.5, 0.6) is 0 Å². The van der Waals surface area contributed by atoms with Crippen LogP contribution in [0.2, 0.25) is 0 Å². The maximum absolute atomic E-state index is 12.4. The molecule has 0 bridgehead atoms. The molecule has 2 N–H and O–H groups in total. The molecule has 1 aromatic carbocycles. The second-order valence-corrected chi connectivity index (χ2v) is 10.5. The Morgan fingerprint density at radius 3 is 2.35 bits per heavy atom. The van der Waals surface area contributed by atoms with Crippen molar-refractivity contribution < 1.29 is 19.1 Å². The third kappa shape index (κ3) is 6.51. The fourth-order valence-corrected chi connectivity index (χ4v) is 5.33. The van der Waals surface area contributed by atoms with Crippen LogP contribution in [0.4, 0.5) is 26.8 Å². The third-order valence-corrected chi connectivity index (χ3v) is 7.58. The third-order valence-electron chi connectivity index (χ3n) is 7.58. The predicted molar refractivity (Wildman–Crippen MR) is 162 cm³/mol. The Hall–Kier alpha value is -4.78. The zero-order valence-electron chi connectivity index (χ0n) is 24.1. The molecule has 0 spiro atoms. The lowest BCUT2D eigenvalue weighted by atomic mass is 10.1. The first kappa shape index (κ1) is 28.3. The number of pyridine rings is 1. The van der Waals surface area contributed by atoms with Gasteiger partial charge in [-0.3, -0.25) is 4.98 Å². The second kappa shape index (κ2) is 13.0. The van der Waals surface area contributed by atoms with Crippen molar-refractivity contribution in [1.82, 2.24) is 29.6 Å². The van der Waals surface area contributed by atoms with Crippen molar-refractivity contribution in [2.24, 2.45) is 0 Å². The summed E-state index contributed by atoms with van der Waals surface area (Å²) in [5.74, 6) is 1.40. The molecule has 3 amide bonds. The fraction of sp³-hybridized carbons (Fsp3) is 0.400. The number of piperidine rings is 1. The number of amides is 3. The first-order valence-electron chi connectivity index (χ1n) is 14.7. The van der Waals surface area contributed by atoms with Crippen LogP contribution in [0, 0.1) is 0 Å². The van der Waals surface area contributed by atoms with Crippen LogP contribution in [0.25, 0.3) is 22.4 Å². The standard InChI is InChI=1S/C30H35N9O4/c1-2-17-43-30(41)38-13-9-24(10-14-38)39-28-25(20-32-39)27(37-15-18-42-19-16-37)35-26(36-28)21-3-5-22(6-4-21)33-29(40)34-23-7-11-31-12-8-23/h3-8,11-12,20,24H,2,9-10,13-19H2,1H3,(H2,31,33,34,40). The van der Waals surface area contributed by atoms with Crippen molar-refractivity contribution in [2.45, 2.75) is 32.2 Å². The number of carbonyl (C=O) groups excluding carboxylic acids is 2. The average molecular weight is 586 g/mol. The molecule has 224 valence electrons. The van der Waals surface area contributed by atoms with Gasteiger partial charge in [0.2, 0.25) is 0 Å². The molecule has 4 aromatic rings. The fourth-order valence-electron chi connectivity index (χ4n) is 5.33. The van der Waals surface area contributed by atoms with Gasteiger partial charge in [-0.05, 0) is 55.7 Å². The van der Waals surface area contributed by atoms with E-state index >= 15 is 0 Å². The van der Waals surface area contributed by atoms with Crippen molar-refractivity contribution in [3.05, 3.63) is 55.0 Å². The summed E-state index contributed by atoms with van der Waals surface area (Å²) in [5, 5.41) is 11.3. The second-order valence-electron chi connectivity index (χ2n) is 10.5. The number of aromatic nitrogens is 5. The lowest BCUT2D eigenvalue weighted by molar-refractivity contribution is 0.0879. The van der Waals surface area contributed by atoms with Crippen LogP contribution in [0.3, 0.4) is 0 Å². The maximum atomic E-state index is 12.4. The van der Waals surface area contributed by atoms with E-state index in [2.05, 4.69) is 20.5 Å². The van der Waals surface area contributed by atoms with Crippen LogP contribution < -0.4 is 15.5 Å². The van der Waals surface area contributed by atoms with Crippen molar-refractivity contribution in [1.29, 1.82) is 0 Å². The number of urea groups is 1. The number of hydrogen-bond acceptors (Lipinski definition) is 9. The Balaban J connectivity index is 1.24. The summed E-state index contributed by atoms with van der Waals surface area (Å²) in [6.07, 6.45) is 7.14. The molecule has 6 rings (SSSR count). The normalized spacial score (nSPS) is 15.8. The van der Waals surface area contributed by atoms with Gasteiger partial charge in [-0.1, -0.05) is 6.92 Å². The summed E-state index contributed by atoms with van der Waals surface area (Å²) in [5.41, 5.74) is 2.87. The lowest BCUT2D eigenvalue weighted by Crippen LogP contribution is -2.39. The highest BCUT2D eigenvalue weighted by atomic mass is 16.6. The Bertz CT molecular complexity index is 1550. The van der Waals surface area contributed by atoms with E-state index in [1.54, 1.807) is 29.4 Å². The molecule has 0 atom stereocenters. The molecule has 0 aliphatic carbocycles. The molecule has 2 saturated heterocycles. The number of ether oxygens (including phenoxy) is 2. The van der Waals surface area contributed by atoms with E-state index in [9.17, 15) is 9.59 Å². The molecule has 3 aromatic heterocycles. The molecule has 5 heterocycles. The van der Waals surface area contributed by atoms with Gasteiger partial charge in [0.15, 0.2) is 11.5 Å². The average Bonchev–Trinajstić information content (AvgIpc) is 3.48. The first-order chi connectivity index (χ1) is 21.1. The SMILES string of the molecule is CCCOC(=O)N1CCC(n2ncc3c(N4CCOCC4)nc(-c4ccc(NC(=O)Nc5ccncc5)cc4)nc32)CC1. The quantitative estimate of drug-likeness (QED) is 0.320. The minimum atomic E-state index is -0.347. The minimum absolute atomic E-state index is 0.0958. The number of nitrogens with one attached hydrogen (secondary N) is 2. The zero-order valence-corrected chi connectivity index (χ0v) is 24.1. The predicted octanol–water partition coefficient (Wildman–Crippen LogP) is 4.55. The Morgan fingerprint density at radius 1 is 0.953 bits per heavy atom. The number of carbonyl (C=O) groups is 2. The van der Waals surface area contributed by atoms with Gasteiger partial charge in [0.1, 0.15) is 5.82 Å². The number of fused-ring (bicyclic) bond motifs is 1. The molecule has 13 nitrogen and oxygen atoms in total. The van der Waals surface area contributed by atoms with E-state index in [0.29, 0.717) is 50.1 Å². The van der Waals surface area contributed by atoms with E-state index in [1.807, 2.05) is 42.1 Å². The zero-order chi connectivity index (χ0) is 29.6. The summed E-state index contributed by atoms with van der Waals surface area (Å²) in [6, 6.07) is 10.6. The molecule has 0 saturated carbocycles. The van der Waals surface area contributed by atoms with Crippen LogP contribution in [-0.2, 0) is 9.47 Å². The summed E-state index contributed by atoms with van der Waals surface area (Å²) in [6.45, 7) is 6.33. The summed E-state index contributed by atoms with van der Waals surface area (Å²) in [7, 11) is 0. The van der Waals surface area contributed by atoms with Crippen molar-refractivity contribution in [3.63, 3.8) is 0 Å². The molecule has 13 heteroatoms. The highest BCUT2D eigenvalue weighted by Crippen LogP contribution is 2.32. The number of rotatable bonds is 7. The molecular formula is C30H35N9O4. The van der Waals surface area contributed by atoms with Crippen LogP contribution >= 0.6 is 0 Å². The highest BCUT2D eigenvalue weighted by Gasteiger charge is 2.28. The minimum Gasteiger partial charge on any atom is -0.449 e. The molecule has 0 radical (unpaired) electrons. The topological polar surface area (TPSA) is 140 Å². The van der Waals surface area contributed by atoms with Gasteiger partial charge in [-0.25, -0.2) is 24.2 Å². The molecule has 2 aliphatic rings. The Morgan fingerprint density at radius 2 is 1.65 bits per heavy atom. The first-order valence-corrected chi connectivity index (χ1v) is 14.7. The smallest absolute Gasteiger partial charge is 0.409 e. The lowest BCUT2D eigenvalue weighted by Gasteiger charge is -2.31. The van der Waals surface area contributed by atoms with Crippen LogP contribution in [0.15, 0.2) is 55.0 Å². The number of nitrogens with zero attached hydrogens (tertiary/aromatic N) is 7. The van der Waals surface area contributed by atoms with Gasteiger partial charge in [-0.15, -0.1) is 0 Å². The number of hydrogen-bond donors (Lipinski definition) is 2. The molecule has 2 fully saturated rings. The number of anilines is 3. The summed E-state index contributed by atoms with van der Waals surface area (Å²) < 4.78 is 12.9. The molecule has 2 aliphatic heterocycles. The molecule has 43 heavy (non-hydrogen) atoms. The van der Waals surface area contributed by atoms with Gasteiger partial charge in [0.05, 0.1) is 37.4 Å². The van der Waals surface area contributed by atoms with Crippen LogP contribution in [-0.4, -0.2) is 87.8 Å². The summed E-state index contributed by atoms with van der Waals surface area (Å²) >= 11 is 0. The van der Waals surface area contributed by atoms with Gasteiger partial charge in [-0.2, -0.15) is 5.10 Å². The monoisotopic (exact) mass is 585 g/mol. The van der Waals surface area contributed by atoms with Crippen molar-refractivity contribution >= 4 is 40.4 Å². The van der Waals surface area contributed by atoms with Gasteiger partial charge < -0.3 is 29.9 Å². The number of morpholine rings is 1. The van der Waals surface area contributed by atoms with Crippen molar-refractivity contribution in [2.75, 3.05) is 61.5 Å². The Kier molecular flexibility index (Phi) is 8.59. The Labute approximate surface area is 249 Å². The van der Waals surface area contributed by atoms with Crippen LogP contribution in [0.1, 0.15) is 32.2 Å². The highest BCUT2D eigenvalue weighted by molar-refractivity contribution is 5.99. The van der Waals surface area contributed by atoms with E-state index < -0.39 is 0 Å². The van der Waals surface area contributed by atoms with E-state index in [1.165, 1.54) is 0 Å².